The molecule has 1 heterocycles. The zero-order valence-electron chi connectivity index (χ0n) is 12.7. The Balaban J connectivity index is 2.03. The number of sulfone groups is 1. The largest absolute Gasteiger partial charge is 0.334 e. The van der Waals surface area contributed by atoms with Crippen molar-refractivity contribution in [2.45, 2.75) is 43.0 Å². The van der Waals surface area contributed by atoms with E-state index in [1.54, 1.807) is 18.2 Å². The third-order valence-corrected chi connectivity index (χ3v) is 5.34. The van der Waals surface area contributed by atoms with Gasteiger partial charge in [0.25, 0.3) is 5.89 Å². The molecule has 1 aliphatic rings. The van der Waals surface area contributed by atoms with Gasteiger partial charge in [-0.25, -0.2) is 8.42 Å². The number of hydrogen-bond acceptors (Lipinski definition) is 6. The van der Waals surface area contributed by atoms with Gasteiger partial charge >= 0.3 is 0 Å². The fourth-order valence-electron chi connectivity index (χ4n) is 2.83. The van der Waals surface area contributed by atoms with E-state index in [9.17, 15) is 8.42 Å². The highest BCUT2D eigenvalue weighted by atomic mass is 32.2. The minimum Gasteiger partial charge on any atom is -0.334 e. The average molecular weight is 321 g/mol. The van der Waals surface area contributed by atoms with E-state index in [1.165, 1.54) is 6.26 Å². The van der Waals surface area contributed by atoms with Gasteiger partial charge in [-0.2, -0.15) is 4.98 Å². The Morgan fingerprint density at radius 2 is 1.95 bits per heavy atom. The first-order valence-electron chi connectivity index (χ1n) is 7.24. The van der Waals surface area contributed by atoms with Crippen molar-refractivity contribution in [3.8, 4) is 11.5 Å². The van der Waals surface area contributed by atoms with Gasteiger partial charge in [-0.15, -0.1) is 0 Å². The summed E-state index contributed by atoms with van der Waals surface area (Å²) in [6.45, 7) is 1.87. The van der Waals surface area contributed by atoms with Crippen molar-refractivity contribution < 1.29 is 12.9 Å². The Labute approximate surface area is 129 Å². The predicted molar refractivity (Wildman–Crippen MR) is 81.9 cm³/mol. The molecule has 7 heteroatoms. The van der Waals surface area contributed by atoms with Crippen LogP contribution in [0, 0.1) is 6.92 Å². The zero-order chi connectivity index (χ0) is 16.0. The summed E-state index contributed by atoms with van der Waals surface area (Å²) in [7, 11) is -3.29. The van der Waals surface area contributed by atoms with Crippen LogP contribution in [0.4, 0.5) is 0 Å². The van der Waals surface area contributed by atoms with Crippen molar-refractivity contribution in [2.24, 2.45) is 5.73 Å². The van der Waals surface area contributed by atoms with Crippen molar-refractivity contribution in [3.05, 3.63) is 29.6 Å². The number of aryl methyl sites for hydroxylation is 1. The summed E-state index contributed by atoms with van der Waals surface area (Å²) in [5.74, 6) is 0.818. The third-order valence-electron chi connectivity index (χ3n) is 4.23. The molecule has 2 aromatic rings. The summed E-state index contributed by atoms with van der Waals surface area (Å²) in [4.78, 5) is 4.65. The molecule has 0 bridgehead atoms. The van der Waals surface area contributed by atoms with Gasteiger partial charge in [0.1, 0.15) is 0 Å². The maximum atomic E-state index is 11.7. The Hall–Kier alpha value is -1.73. The number of hydrogen-bond donors (Lipinski definition) is 1. The van der Waals surface area contributed by atoms with E-state index in [-0.39, 0.29) is 4.90 Å². The van der Waals surface area contributed by atoms with Crippen molar-refractivity contribution in [1.82, 2.24) is 10.1 Å². The second-order valence-corrected chi connectivity index (χ2v) is 8.05. The Morgan fingerprint density at radius 3 is 2.59 bits per heavy atom. The van der Waals surface area contributed by atoms with E-state index in [0.717, 1.165) is 31.2 Å². The monoisotopic (exact) mass is 321 g/mol. The standard InChI is InChI=1S/C15H19N3O3S/c1-10-5-6-11(22(2,19)20)9-12(10)13-17-14(18-21-13)15(16)7-3-4-8-15/h5-6,9H,3-4,7-8,16H2,1-2H3. The summed E-state index contributed by atoms with van der Waals surface area (Å²) in [5.41, 5.74) is 7.31. The minimum absolute atomic E-state index is 0.233. The van der Waals surface area contributed by atoms with Crippen LogP contribution in [-0.2, 0) is 15.4 Å². The molecule has 0 aliphatic heterocycles. The summed E-state index contributed by atoms with van der Waals surface area (Å²) < 4.78 is 28.8. The smallest absolute Gasteiger partial charge is 0.258 e. The number of benzene rings is 1. The highest BCUT2D eigenvalue weighted by molar-refractivity contribution is 7.90. The highest BCUT2D eigenvalue weighted by Crippen LogP contribution is 2.36. The van der Waals surface area contributed by atoms with Crippen LogP contribution in [0.5, 0.6) is 0 Å². The summed E-state index contributed by atoms with van der Waals surface area (Å²) in [6.07, 6.45) is 4.97. The molecule has 1 saturated carbocycles. The van der Waals surface area contributed by atoms with E-state index < -0.39 is 15.4 Å². The molecule has 0 atom stereocenters. The molecular weight excluding hydrogens is 302 g/mol. The van der Waals surface area contributed by atoms with Gasteiger partial charge in [0.05, 0.1) is 10.4 Å². The lowest BCUT2D eigenvalue weighted by molar-refractivity contribution is 0.372. The Kier molecular flexibility index (Phi) is 3.57. The molecule has 0 radical (unpaired) electrons. The molecule has 1 fully saturated rings. The van der Waals surface area contributed by atoms with E-state index in [1.807, 2.05) is 6.92 Å². The van der Waals surface area contributed by atoms with Gasteiger partial charge in [0, 0.05) is 11.8 Å². The second-order valence-electron chi connectivity index (χ2n) is 6.04. The van der Waals surface area contributed by atoms with E-state index in [2.05, 4.69) is 10.1 Å². The molecular formula is C15H19N3O3S. The number of nitrogens with two attached hydrogens (primary N) is 1. The topological polar surface area (TPSA) is 99.1 Å². The van der Waals surface area contributed by atoms with Crippen LogP contribution in [0.3, 0.4) is 0 Å². The molecule has 0 saturated heterocycles. The number of aromatic nitrogens is 2. The van der Waals surface area contributed by atoms with Crippen LogP contribution in [0.15, 0.2) is 27.6 Å². The number of rotatable bonds is 3. The van der Waals surface area contributed by atoms with Gasteiger partial charge in [-0.3, -0.25) is 0 Å². The van der Waals surface area contributed by atoms with Gasteiger partial charge in [-0.05, 0) is 37.5 Å². The predicted octanol–water partition coefficient (Wildman–Crippen LogP) is 2.18. The fraction of sp³-hybridized carbons (Fsp3) is 0.467. The molecule has 0 amide bonds. The van der Waals surface area contributed by atoms with Crippen LogP contribution in [0.25, 0.3) is 11.5 Å². The van der Waals surface area contributed by atoms with Crippen LogP contribution in [0.1, 0.15) is 37.1 Å². The first-order valence-corrected chi connectivity index (χ1v) is 9.13. The summed E-state index contributed by atoms with van der Waals surface area (Å²) in [5, 5.41) is 4.02. The summed E-state index contributed by atoms with van der Waals surface area (Å²) in [6, 6.07) is 4.88. The third kappa shape index (κ3) is 2.66. The van der Waals surface area contributed by atoms with Crippen LogP contribution in [-0.4, -0.2) is 24.8 Å². The Morgan fingerprint density at radius 1 is 1.27 bits per heavy atom. The van der Waals surface area contributed by atoms with Crippen molar-refractivity contribution in [1.29, 1.82) is 0 Å². The van der Waals surface area contributed by atoms with Crippen molar-refractivity contribution >= 4 is 9.84 Å². The molecule has 1 aromatic heterocycles. The normalized spacial score (nSPS) is 17.8. The van der Waals surface area contributed by atoms with Crippen molar-refractivity contribution in [2.75, 3.05) is 6.26 Å². The molecule has 1 aliphatic carbocycles. The Bertz CT molecular complexity index is 805. The first-order chi connectivity index (χ1) is 10.3. The lowest BCUT2D eigenvalue weighted by Gasteiger charge is -2.17. The molecule has 6 nitrogen and oxygen atoms in total. The van der Waals surface area contributed by atoms with Gasteiger partial charge in [0.2, 0.25) is 0 Å². The second kappa shape index (κ2) is 5.17. The molecule has 0 spiro atoms. The molecule has 1 aromatic carbocycles. The van der Waals surface area contributed by atoms with Gasteiger partial charge in [0.15, 0.2) is 15.7 Å². The average Bonchev–Trinajstić information content (AvgIpc) is 3.07. The van der Waals surface area contributed by atoms with Crippen molar-refractivity contribution in [3.63, 3.8) is 0 Å². The quantitative estimate of drug-likeness (QED) is 0.930. The molecule has 22 heavy (non-hydrogen) atoms. The molecule has 118 valence electrons. The molecule has 3 rings (SSSR count). The highest BCUT2D eigenvalue weighted by Gasteiger charge is 2.36. The van der Waals surface area contributed by atoms with Gasteiger partial charge in [-0.1, -0.05) is 24.1 Å². The minimum atomic E-state index is -3.29. The zero-order valence-corrected chi connectivity index (χ0v) is 13.5. The molecule has 0 unspecified atom stereocenters. The molecule has 2 N–H and O–H groups in total. The maximum Gasteiger partial charge on any atom is 0.258 e. The first kappa shape index (κ1) is 15.2. The SMILES string of the molecule is Cc1ccc(S(C)(=O)=O)cc1-c1nc(C2(N)CCCC2)no1. The maximum absolute atomic E-state index is 11.7. The number of nitrogens with zero attached hydrogens (tertiary/aromatic N) is 2. The van der Waals surface area contributed by atoms with Crippen LogP contribution >= 0.6 is 0 Å². The summed E-state index contributed by atoms with van der Waals surface area (Å²) >= 11 is 0. The van der Waals surface area contributed by atoms with Gasteiger partial charge < -0.3 is 10.3 Å². The van der Waals surface area contributed by atoms with E-state index in [4.69, 9.17) is 10.3 Å². The van der Waals surface area contributed by atoms with Crippen LogP contribution in [0.2, 0.25) is 0 Å². The van der Waals surface area contributed by atoms with Crippen LogP contribution < -0.4 is 5.73 Å². The van der Waals surface area contributed by atoms with E-state index >= 15 is 0 Å². The lowest BCUT2D eigenvalue weighted by atomic mass is 9.98. The fourth-order valence-corrected chi connectivity index (χ4v) is 3.47. The lowest BCUT2D eigenvalue weighted by Crippen LogP contribution is -2.34. The van der Waals surface area contributed by atoms with E-state index in [0.29, 0.717) is 17.3 Å².